The first kappa shape index (κ1) is 16.6. The standard InChI is InChI=1S/C15H19NO5S/c1-11-6-8-12(9-7-11)22(19,20)16-10-15(18)21-14-5-3-2-4-13(14)17/h6-9,14,16H,2-5,10H2,1H3/t14-/m0/s1. The molecule has 22 heavy (non-hydrogen) atoms. The smallest absolute Gasteiger partial charge is 0.321 e. The lowest BCUT2D eigenvalue weighted by Crippen LogP contribution is -2.36. The van der Waals surface area contributed by atoms with E-state index in [9.17, 15) is 18.0 Å². The van der Waals surface area contributed by atoms with Crippen LogP contribution in [0.5, 0.6) is 0 Å². The third kappa shape index (κ3) is 4.38. The van der Waals surface area contributed by atoms with Crippen molar-refractivity contribution in [1.82, 2.24) is 4.72 Å². The molecule has 0 radical (unpaired) electrons. The zero-order valence-electron chi connectivity index (χ0n) is 12.4. The topological polar surface area (TPSA) is 89.5 Å². The SMILES string of the molecule is Cc1ccc(S(=O)(=O)NCC(=O)O[C@H]2CCCCC2=O)cc1. The highest BCUT2D eigenvalue weighted by molar-refractivity contribution is 7.89. The molecule has 1 aromatic carbocycles. The average Bonchev–Trinajstić information content (AvgIpc) is 2.48. The number of hydrogen-bond acceptors (Lipinski definition) is 5. The van der Waals surface area contributed by atoms with E-state index in [0.717, 1.165) is 18.4 Å². The van der Waals surface area contributed by atoms with Crippen molar-refractivity contribution in [3.05, 3.63) is 29.8 Å². The van der Waals surface area contributed by atoms with E-state index in [4.69, 9.17) is 4.74 Å². The number of hydrogen-bond donors (Lipinski definition) is 1. The molecule has 6 nitrogen and oxygen atoms in total. The van der Waals surface area contributed by atoms with Crippen LogP contribution < -0.4 is 4.72 Å². The van der Waals surface area contributed by atoms with Crippen LogP contribution in [0.15, 0.2) is 29.2 Å². The summed E-state index contributed by atoms with van der Waals surface area (Å²) in [6, 6.07) is 6.28. The Balaban J connectivity index is 1.89. The maximum absolute atomic E-state index is 12.0. The van der Waals surface area contributed by atoms with Crippen LogP contribution in [0.2, 0.25) is 0 Å². The molecule has 1 N–H and O–H groups in total. The van der Waals surface area contributed by atoms with Crippen molar-refractivity contribution in [1.29, 1.82) is 0 Å². The van der Waals surface area contributed by atoms with Gasteiger partial charge in [-0.2, -0.15) is 4.72 Å². The maximum atomic E-state index is 12.0. The molecule has 0 bridgehead atoms. The van der Waals surface area contributed by atoms with Crippen molar-refractivity contribution in [2.45, 2.75) is 43.6 Å². The van der Waals surface area contributed by atoms with Crippen molar-refractivity contribution < 1.29 is 22.7 Å². The normalized spacial score (nSPS) is 19.0. The fraction of sp³-hybridized carbons (Fsp3) is 0.467. The molecule has 0 saturated heterocycles. The second-order valence-corrected chi connectivity index (χ2v) is 7.10. The summed E-state index contributed by atoms with van der Waals surface area (Å²) in [6.07, 6.45) is 1.83. The van der Waals surface area contributed by atoms with Gasteiger partial charge in [-0.05, 0) is 38.3 Å². The van der Waals surface area contributed by atoms with Crippen molar-refractivity contribution in [2.24, 2.45) is 0 Å². The van der Waals surface area contributed by atoms with Gasteiger partial charge in [-0.1, -0.05) is 17.7 Å². The molecule has 1 aromatic rings. The van der Waals surface area contributed by atoms with Gasteiger partial charge in [0, 0.05) is 6.42 Å². The summed E-state index contributed by atoms with van der Waals surface area (Å²) >= 11 is 0. The van der Waals surface area contributed by atoms with Gasteiger partial charge in [0.2, 0.25) is 10.0 Å². The summed E-state index contributed by atoms with van der Waals surface area (Å²) in [6.45, 7) is 1.36. The van der Waals surface area contributed by atoms with Crippen LogP contribution in [0, 0.1) is 6.92 Å². The Morgan fingerprint density at radius 3 is 2.59 bits per heavy atom. The fourth-order valence-electron chi connectivity index (χ4n) is 2.23. The van der Waals surface area contributed by atoms with Crippen LogP contribution >= 0.6 is 0 Å². The number of carbonyl (C=O) groups excluding carboxylic acids is 2. The number of benzene rings is 1. The molecule has 1 saturated carbocycles. The lowest BCUT2D eigenvalue weighted by Gasteiger charge is -2.20. The second-order valence-electron chi connectivity index (χ2n) is 5.33. The molecule has 0 aromatic heterocycles. The summed E-state index contributed by atoms with van der Waals surface area (Å²) in [5.74, 6) is -0.836. The number of nitrogens with one attached hydrogen (secondary N) is 1. The Kier molecular flexibility index (Phi) is 5.31. The fourth-order valence-corrected chi connectivity index (χ4v) is 3.20. The number of rotatable bonds is 5. The van der Waals surface area contributed by atoms with Crippen LogP contribution in [0.1, 0.15) is 31.2 Å². The molecular formula is C15H19NO5S. The number of ketones is 1. The first-order valence-electron chi connectivity index (χ1n) is 7.17. The lowest BCUT2D eigenvalue weighted by molar-refractivity contribution is -0.155. The van der Waals surface area contributed by atoms with Crippen LogP contribution in [0.25, 0.3) is 0 Å². The zero-order valence-corrected chi connectivity index (χ0v) is 13.2. The third-order valence-corrected chi connectivity index (χ3v) is 4.93. The van der Waals surface area contributed by atoms with E-state index in [1.54, 1.807) is 12.1 Å². The molecule has 0 spiro atoms. The van der Waals surface area contributed by atoms with Gasteiger partial charge in [-0.3, -0.25) is 9.59 Å². The first-order valence-corrected chi connectivity index (χ1v) is 8.65. The molecule has 1 aliphatic carbocycles. The minimum Gasteiger partial charge on any atom is -0.453 e. The summed E-state index contributed by atoms with van der Waals surface area (Å²) in [7, 11) is -3.76. The summed E-state index contributed by atoms with van der Waals surface area (Å²) in [4.78, 5) is 23.3. The van der Waals surface area contributed by atoms with E-state index in [1.165, 1.54) is 12.1 Å². The van der Waals surface area contributed by atoms with E-state index >= 15 is 0 Å². The molecule has 0 aliphatic heterocycles. The molecule has 0 amide bonds. The number of carbonyl (C=O) groups is 2. The van der Waals surface area contributed by atoms with E-state index < -0.39 is 28.6 Å². The van der Waals surface area contributed by atoms with E-state index in [-0.39, 0.29) is 10.7 Å². The molecule has 1 aliphatic rings. The third-order valence-electron chi connectivity index (χ3n) is 3.51. The quantitative estimate of drug-likeness (QED) is 0.825. The minimum atomic E-state index is -3.76. The highest BCUT2D eigenvalue weighted by atomic mass is 32.2. The van der Waals surface area contributed by atoms with E-state index in [2.05, 4.69) is 4.72 Å². The van der Waals surface area contributed by atoms with Crippen LogP contribution in [-0.4, -0.2) is 32.8 Å². The molecule has 0 heterocycles. The largest absolute Gasteiger partial charge is 0.453 e. The predicted molar refractivity (Wildman–Crippen MR) is 79.7 cm³/mol. The van der Waals surface area contributed by atoms with Gasteiger partial charge in [0.15, 0.2) is 11.9 Å². The molecule has 1 atom stereocenters. The average molecular weight is 325 g/mol. The van der Waals surface area contributed by atoms with Gasteiger partial charge in [0.05, 0.1) is 4.90 Å². The zero-order chi connectivity index (χ0) is 16.2. The van der Waals surface area contributed by atoms with Gasteiger partial charge >= 0.3 is 5.97 Å². The number of sulfonamides is 1. The van der Waals surface area contributed by atoms with Gasteiger partial charge in [0.1, 0.15) is 6.54 Å². The summed E-state index contributed by atoms with van der Waals surface area (Å²) < 4.78 is 31.3. The molecule has 7 heteroatoms. The first-order chi connectivity index (χ1) is 10.4. The van der Waals surface area contributed by atoms with Gasteiger partial charge in [0.25, 0.3) is 0 Å². The predicted octanol–water partition coefficient (Wildman–Crippen LogP) is 1.33. The van der Waals surface area contributed by atoms with Crippen molar-refractivity contribution >= 4 is 21.8 Å². The van der Waals surface area contributed by atoms with Gasteiger partial charge in [-0.15, -0.1) is 0 Å². The highest BCUT2D eigenvalue weighted by Gasteiger charge is 2.26. The van der Waals surface area contributed by atoms with E-state index in [1.807, 2.05) is 6.92 Å². The Morgan fingerprint density at radius 1 is 1.27 bits per heavy atom. The van der Waals surface area contributed by atoms with Crippen LogP contribution in [0.3, 0.4) is 0 Å². The lowest BCUT2D eigenvalue weighted by atomic mass is 9.96. The van der Waals surface area contributed by atoms with Crippen LogP contribution in [0.4, 0.5) is 0 Å². The monoisotopic (exact) mass is 325 g/mol. The Morgan fingerprint density at radius 2 is 1.95 bits per heavy atom. The molecular weight excluding hydrogens is 306 g/mol. The van der Waals surface area contributed by atoms with Crippen molar-refractivity contribution in [2.75, 3.05) is 6.54 Å². The van der Waals surface area contributed by atoms with Crippen molar-refractivity contribution in [3.8, 4) is 0 Å². The molecule has 1 fully saturated rings. The number of ether oxygens (including phenoxy) is 1. The number of esters is 1. The summed E-state index contributed by atoms with van der Waals surface area (Å²) in [5, 5.41) is 0. The van der Waals surface area contributed by atoms with Gasteiger partial charge in [-0.25, -0.2) is 8.42 Å². The Bertz CT molecular complexity index is 651. The second kappa shape index (κ2) is 7.02. The van der Waals surface area contributed by atoms with Crippen molar-refractivity contribution in [3.63, 3.8) is 0 Å². The van der Waals surface area contributed by atoms with E-state index in [0.29, 0.717) is 12.8 Å². The molecule has 0 unspecified atom stereocenters. The van der Waals surface area contributed by atoms with Gasteiger partial charge < -0.3 is 4.74 Å². The maximum Gasteiger partial charge on any atom is 0.321 e. The summed E-state index contributed by atoms with van der Waals surface area (Å²) in [5.41, 5.74) is 0.939. The molecule has 2 rings (SSSR count). The highest BCUT2D eigenvalue weighted by Crippen LogP contribution is 2.17. The van der Waals surface area contributed by atoms with Crippen LogP contribution in [-0.2, 0) is 24.3 Å². The number of Topliss-reactive ketones (excluding diaryl/α,β-unsaturated/α-hetero) is 1. The number of aryl methyl sites for hydroxylation is 1. The minimum absolute atomic E-state index is 0.0830. The Labute approximate surface area is 129 Å². The Hall–Kier alpha value is -1.73. The molecule has 120 valence electrons.